The number of aromatic nitrogens is 1. The van der Waals surface area contributed by atoms with Crippen LogP contribution in [0.25, 0.3) is 0 Å². The zero-order valence-corrected chi connectivity index (χ0v) is 11.7. The molecule has 19 heavy (non-hydrogen) atoms. The second-order valence-electron chi connectivity index (χ2n) is 5.50. The van der Waals surface area contributed by atoms with Gasteiger partial charge in [-0.25, -0.2) is 0 Å². The van der Waals surface area contributed by atoms with Gasteiger partial charge >= 0.3 is 0 Å². The number of hydrogen-bond donors (Lipinski definition) is 1. The van der Waals surface area contributed by atoms with Crippen molar-refractivity contribution in [3.8, 4) is 11.5 Å². The molecule has 0 amide bonds. The van der Waals surface area contributed by atoms with Gasteiger partial charge in [0.15, 0.2) is 0 Å². The van der Waals surface area contributed by atoms with Crippen LogP contribution in [-0.4, -0.2) is 10.5 Å². The van der Waals surface area contributed by atoms with E-state index in [-0.39, 0.29) is 5.54 Å². The lowest BCUT2D eigenvalue weighted by Gasteiger charge is -2.20. The zero-order valence-electron chi connectivity index (χ0n) is 11.7. The fourth-order valence-corrected chi connectivity index (χ4v) is 1.60. The minimum Gasteiger partial charge on any atom is -0.457 e. The van der Waals surface area contributed by atoms with Gasteiger partial charge in [-0.3, -0.25) is 4.98 Å². The Morgan fingerprint density at radius 1 is 1.05 bits per heavy atom. The van der Waals surface area contributed by atoms with Crippen molar-refractivity contribution in [3.05, 3.63) is 54.4 Å². The minimum atomic E-state index is 0.0813. The maximum Gasteiger partial charge on any atom is 0.130 e. The van der Waals surface area contributed by atoms with E-state index in [0.717, 1.165) is 23.7 Å². The van der Waals surface area contributed by atoms with Crippen LogP contribution >= 0.6 is 0 Å². The Bertz CT molecular complexity index is 518. The van der Waals surface area contributed by atoms with E-state index in [1.54, 1.807) is 6.20 Å². The molecular weight excluding hydrogens is 236 g/mol. The van der Waals surface area contributed by atoms with Gasteiger partial charge in [0.05, 0.1) is 5.69 Å². The van der Waals surface area contributed by atoms with E-state index in [9.17, 15) is 0 Å². The van der Waals surface area contributed by atoms with E-state index in [2.05, 4.69) is 31.1 Å². The summed E-state index contributed by atoms with van der Waals surface area (Å²) in [6.07, 6.45) is 1.78. The molecule has 0 spiro atoms. The summed E-state index contributed by atoms with van der Waals surface area (Å²) in [5.41, 5.74) is 1.06. The lowest BCUT2D eigenvalue weighted by atomic mass is 10.1. The number of hydrogen-bond acceptors (Lipinski definition) is 3. The first-order chi connectivity index (χ1) is 9.03. The normalized spacial score (nSPS) is 11.3. The van der Waals surface area contributed by atoms with E-state index >= 15 is 0 Å². The number of rotatable bonds is 4. The first-order valence-corrected chi connectivity index (χ1v) is 6.46. The van der Waals surface area contributed by atoms with Crippen molar-refractivity contribution in [2.75, 3.05) is 0 Å². The number of benzene rings is 1. The van der Waals surface area contributed by atoms with Gasteiger partial charge in [-0.1, -0.05) is 18.2 Å². The molecule has 0 bridgehead atoms. The summed E-state index contributed by atoms with van der Waals surface area (Å²) in [5.74, 6) is 1.65. The van der Waals surface area contributed by atoms with Crippen LogP contribution < -0.4 is 10.1 Å². The molecule has 0 aliphatic carbocycles. The molecule has 0 aliphatic rings. The SMILES string of the molecule is CC(C)(C)NCc1cc(Oc2ccccc2)ccn1. The third-order valence-corrected chi connectivity index (χ3v) is 2.57. The smallest absolute Gasteiger partial charge is 0.130 e. The predicted octanol–water partition coefficient (Wildman–Crippen LogP) is 3.76. The van der Waals surface area contributed by atoms with Crippen LogP contribution in [0.3, 0.4) is 0 Å². The molecule has 100 valence electrons. The number of para-hydroxylation sites is 1. The summed E-state index contributed by atoms with van der Waals surface area (Å²) in [7, 11) is 0. The molecule has 0 unspecified atom stereocenters. The highest BCUT2D eigenvalue weighted by Crippen LogP contribution is 2.20. The van der Waals surface area contributed by atoms with Gasteiger partial charge < -0.3 is 10.1 Å². The lowest BCUT2D eigenvalue weighted by Crippen LogP contribution is -2.35. The Labute approximate surface area is 114 Å². The second kappa shape index (κ2) is 5.85. The maximum atomic E-state index is 5.78. The standard InChI is InChI=1S/C16H20N2O/c1-16(2,3)18-12-13-11-15(9-10-17-13)19-14-7-5-4-6-8-14/h4-11,18H,12H2,1-3H3. The Morgan fingerprint density at radius 3 is 2.47 bits per heavy atom. The number of pyridine rings is 1. The third-order valence-electron chi connectivity index (χ3n) is 2.57. The van der Waals surface area contributed by atoms with Gasteiger partial charge in [-0.2, -0.15) is 0 Å². The van der Waals surface area contributed by atoms with Crippen LogP contribution in [0.4, 0.5) is 0 Å². The molecule has 3 nitrogen and oxygen atoms in total. The summed E-state index contributed by atoms with van der Waals surface area (Å²) < 4.78 is 5.78. The van der Waals surface area contributed by atoms with E-state index in [1.807, 2.05) is 42.5 Å². The summed E-state index contributed by atoms with van der Waals surface area (Å²) in [6, 6.07) is 13.6. The predicted molar refractivity (Wildman–Crippen MR) is 77.3 cm³/mol. The molecule has 0 saturated carbocycles. The van der Waals surface area contributed by atoms with Crippen LogP contribution in [-0.2, 0) is 6.54 Å². The van der Waals surface area contributed by atoms with E-state index < -0.39 is 0 Å². The Morgan fingerprint density at radius 2 is 1.79 bits per heavy atom. The summed E-state index contributed by atoms with van der Waals surface area (Å²) >= 11 is 0. The molecule has 2 rings (SSSR count). The second-order valence-corrected chi connectivity index (χ2v) is 5.50. The summed E-state index contributed by atoms with van der Waals surface area (Å²) in [6.45, 7) is 7.14. The van der Waals surface area contributed by atoms with Crippen molar-refractivity contribution in [1.82, 2.24) is 10.3 Å². The molecule has 0 aliphatic heterocycles. The van der Waals surface area contributed by atoms with Crippen LogP contribution in [0.2, 0.25) is 0 Å². The Hall–Kier alpha value is -1.87. The molecule has 0 radical (unpaired) electrons. The van der Waals surface area contributed by atoms with Gasteiger partial charge in [0.2, 0.25) is 0 Å². The molecule has 1 aromatic carbocycles. The average Bonchev–Trinajstić information content (AvgIpc) is 2.37. The van der Waals surface area contributed by atoms with Crippen molar-refractivity contribution in [3.63, 3.8) is 0 Å². The third kappa shape index (κ3) is 4.72. The van der Waals surface area contributed by atoms with Crippen molar-refractivity contribution < 1.29 is 4.74 Å². The fourth-order valence-electron chi connectivity index (χ4n) is 1.60. The lowest BCUT2D eigenvalue weighted by molar-refractivity contribution is 0.419. The molecule has 0 saturated heterocycles. The van der Waals surface area contributed by atoms with Gasteiger partial charge in [-0.05, 0) is 39.0 Å². The van der Waals surface area contributed by atoms with Crippen molar-refractivity contribution in [2.24, 2.45) is 0 Å². The van der Waals surface area contributed by atoms with Gasteiger partial charge in [0.1, 0.15) is 11.5 Å². The molecule has 2 aromatic rings. The van der Waals surface area contributed by atoms with Gasteiger partial charge in [0, 0.05) is 24.3 Å². The molecule has 0 fully saturated rings. The Balaban J connectivity index is 2.03. The fraction of sp³-hybridized carbons (Fsp3) is 0.312. The van der Waals surface area contributed by atoms with E-state index in [4.69, 9.17) is 4.74 Å². The molecule has 0 atom stereocenters. The van der Waals surface area contributed by atoms with Gasteiger partial charge in [-0.15, -0.1) is 0 Å². The van der Waals surface area contributed by atoms with Crippen LogP contribution in [0.1, 0.15) is 26.5 Å². The quantitative estimate of drug-likeness (QED) is 0.904. The summed E-state index contributed by atoms with van der Waals surface area (Å²) in [5, 5.41) is 3.41. The minimum absolute atomic E-state index is 0.0813. The Kier molecular flexibility index (Phi) is 4.17. The highest BCUT2D eigenvalue weighted by molar-refractivity contribution is 5.30. The molecule has 3 heteroatoms. The monoisotopic (exact) mass is 256 g/mol. The van der Waals surface area contributed by atoms with Crippen molar-refractivity contribution in [1.29, 1.82) is 0 Å². The highest BCUT2D eigenvalue weighted by atomic mass is 16.5. The zero-order chi connectivity index (χ0) is 13.7. The molecular formula is C16H20N2O. The number of nitrogens with zero attached hydrogens (tertiary/aromatic N) is 1. The maximum absolute atomic E-state index is 5.78. The van der Waals surface area contributed by atoms with Crippen LogP contribution in [0, 0.1) is 0 Å². The van der Waals surface area contributed by atoms with Crippen LogP contribution in [0.15, 0.2) is 48.7 Å². The van der Waals surface area contributed by atoms with Gasteiger partial charge in [0.25, 0.3) is 0 Å². The van der Waals surface area contributed by atoms with Crippen molar-refractivity contribution in [2.45, 2.75) is 32.9 Å². The van der Waals surface area contributed by atoms with E-state index in [0.29, 0.717) is 0 Å². The molecule has 1 aromatic heterocycles. The average molecular weight is 256 g/mol. The summed E-state index contributed by atoms with van der Waals surface area (Å²) in [4.78, 5) is 4.34. The molecule has 1 heterocycles. The first-order valence-electron chi connectivity index (χ1n) is 6.46. The largest absolute Gasteiger partial charge is 0.457 e. The van der Waals surface area contributed by atoms with Crippen LogP contribution in [0.5, 0.6) is 11.5 Å². The highest BCUT2D eigenvalue weighted by Gasteiger charge is 2.09. The van der Waals surface area contributed by atoms with Crippen molar-refractivity contribution >= 4 is 0 Å². The number of nitrogens with one attached hydrogen (secondary N) is 1. The number of ether oxygens (including phenoxy) is 1. The first kappa shape index (κ1) is 13.6. The molecule has 1 N–H and O–H groups in total. The topological polar surface area (TPSA) is 34.1 Å². The van der Waals surface area contributed by atoms with E-state index in [1.165, 1.54) is 0 Å².